The summed E-state index contributed by atoms with van der Waals surface area (Å²) in [6, 6.07) is 16.8. The number of nitrogens with zero attached hydrogens (tertiary/aromatic N) is 5. The zero-order valence-corrected chi connectivity index (χ0v) is 15.6. The summed E-state index contributed by atoms with van der Waals surface area (Å²) in [5.74, 6) is -0.277. The van der Waals surface area contributed by atoms with Gasteiger partial charge >= 0.3 is 0 Å². The summed E-state index contributed by atoms with van der Waals surface area (Å²) in [5.41, 5.74) is 2.66. The zero-order chi connectivity index (χ0) is 19.7. The molecule has 142 valence electrons. The van der Waals surface area contributed by atoms with E-state index in [0.29, 0.717) is 16.9 Å². The van der Waals surface area contributed by atoms with E-state index in [0.717, 1.165) is 5.69 Å². The fourth-order valence-corrected chi connectivity index (χ4v) is 3.39. The summed E-state index contributed by atoms with van der Waals surface area (Å²) in [6.45, 7) is 0.0913. The van der Waals surface area contributed by atoms with Crippen LogP contribution in [0.1, 0.15) is 22.2 Å². The molecule has 0 radical (unpaired) electrons. The molecule has 8 heteroatoms. The summed E-state index contributed by atoms with van der Waals surface area (Å²) < 4.78 is 0. The second-order valence-corrected chi connectivity index (χ2v) is 6.50. The number of fused-ring (bicyclic) bond motifs is 1. The number of rotatable bonds is 4. The van der Waals surface area contributed by atoms with Crippen LogP contribution in [0.2, 0.25) is 0 Å². The normalized spacial score (nSPS) is 16.1. The van der Waals surface area contributed by atoms with Gasteiger partial charge in [0.25, 0.3) is 5.91 Å². The number of amides is 2. The fraction of sp³-hybridized carbons (Fsp3) is 0.200. The van der Waals surface area contributed by atoms with Crippen molar-refractivity contribution in [1.29, 1.82) is 0 Å². The van der Waals surface area contributed by atoms with E-state index in [2.05, 4.69) is 15.5 Å². The van der Waals surface area contributed by atoms with Crippen molar-refractivity contribution in [1.82, 2.24) is 25.2 Å². The summed E-state index contributed by atoms with van der Waals surface area (Å²) in [7, 11) is 3.30. The highest BCUT2D eigenvalue weighted by Crippen LogP contribution is 2.36. The molecule has 3 aromatic rings. The Morgan fingerprint density at radius 2 is 1.82 bits per heavy atom. The number of para-hydroxylation sites is 2. The summed E-state index contributed by atoms with van der Waals surface area (Å²) in [5, 5.41) is 11.6. The first kappa shape index (κ1) is 17.7. The first-order valence-electron chi connectivity index (χ1n) is 8.91. The second kappa shape index (κ2) is 7.15. The second-order valence-electron chi connectivity index (χ2n) is 6.50. The van der Waals surface area contributed by atoms with Crippen LogP contribution >= 0.6 is 0 Å². The lowest BCUT2D eigenvalue weighted by Crippen LogP contribution is -2.50. The zero-order valence-electron chi connectivity index (χ0n) is 15.6. The smallest absolute Gasteiger partial charge is 0.257 e. The van der Waals surface area contributed by atoms with Crippen LogP contribution in [0.3, 0.4) is 0 Å². The van der Waals surface area contributed by atoms with Gasteiger partial charge in [-0.05, 0) is 24.3 Å². The van der Waals surface area contributed by atoms with Crippen LogP contribution in [0.5, 0.6) is 0 Å². The molecule has 2 heterocycles. The number of anilines is 1. The highest BCUT2D eigenvalue weighted by Gasteiger charge is 2.38. The number of hydrogen-bond acceptors (Lipinski definition) is 5. The molecule has 0 aliphatic carbocycles. The van der Waals surface area contributed by atoms with Gasteiger partial charge in [-0.2, -0.15) is 9.90 Å². The highest BCUT2D eigenvalue weighted by molar-refractivity contribution is 6.02. The SMILES string of the molecule is CNC(=O)CN1c2ccccc2C(=O)N(C)[C@@H]1c1cnn(-c2ccccc2)n1. The van der Waals surface area contributed by atoms with Gasteiger partial charge in [-0.3, -0.25) is 9.59 Å². The van der Waals surface area contributed by atoms with Crippen molar-refractivity contribution in [2.24, 2.45) is 0 Å². The van der Waals surface area contributed by atoms with E-state index in [1.807, 2.05) is 53.4 Å². The third kappa shape index (κ3) is 2.98. The Morgan fingerprint density at radius 1 is 1.11 bits per heavy atom. The number of carbonyl (C=O) groups excluding carboxylic acids is 2. The van der Waals surface area contributed by atoms with Crippen molar-refractivity contribution in [3.8, 4) is 5.69 Å². The quantitative estimate of drug-likeness (QED) is 0.748. The highest BCUT2D eigenvalue weighted by atomic mass is 16.2. The molecule has 0 saturated heterocycles. The molecule has 2 amide bonds. The van der Waals surface area contributed by atoms with Crippen molar-refractivity contribution in [2.75, 3.05) is 25.5 Å². The number of hydrogen-bond donors (Lipinski definition) is 1. The predicted molar refractivity (Wildman–Crippen MR) is 104 cm³/mol. The first-order valence-corrected chi connectivity index (χ1v) is 8.91. The van der Waals surface area contributed by atoms with Gasteiger partial charge in [0.1, 0.15) is 5.69 Å². The van der Waals surface area contributed by atoms with Crippen LogP contribution in [0.15, 0.2) is 60.8 Å². The van der Waals surface area contributed by atoms with Gasteiger partial charge in [-0.25, -0.2) is 0 Å². The van der Waals surface area contributed by atoms with E-state index < -0.39 is 6.17 Å². The fourth-order valence-electron chi connectivity index (χ4n) is 3.39. The molecule has 4 rings (SSSR count). The van der Waals surface area contributed by atoms with Gasteiger partial charge in [0.05, 0.1) is 29.7 Å². The van der Waals surface area contributed by atoms with Crippen LogP contribution in [-0.4, -0.2) is 52.3 Å². The van der Waals surface area contributed by atoms with Gasteiger partial charge in [0, 0.05) is 14.1 Å². The molecular formula is C20H20N6O2. The molecule has 1 aliphatic heterocycles. The van der Waals surface area contributed by atoms with Crippen molar-refractivity contribution in [2.45, 2.75) is 6.17 Å². The summed E-state index contributed by atoms with van der Waals surface area (Å²) in [6.07, 6.45) is 1.09. The molecular weight excluding hydrogens is 356 g/mol. The van der Waals surface area contributed by atoms with Gasteiger partial charge < -0.3 is 15.1 Å². The average Bonchev–Trinajstić information content (AvgIpc) is 3.22. The van der Waals surface area contributed by atoms with Gasteiger partial charge in [0.15, 0.2) is 6.17 Å². The van der Waals surface area contributed by atoms with Crippen LogP contribution in [0.4, 0.5) is 5.69 Å². The minimum Gasteiger partial charge on any atom is -0.358 e. The Hall–Kier alpha value is -3.68. The van der Waals surface area contributed by atoms with E-state index in [1.165, 1.54) is 4.80 Å². The Bertz CT molecular complexity index is 1020. The van der Waals surface area contributed by atoms with Crippen LogP contribution < -0.4 is 10.2 Å². The number of nitrogens with one attached hydrogen (secondary N) is 1. The summed E-state index contributed by atoms with van der Waals surface area (Å²) >= 11 is 0. The maximum Gasteiger partial charge on any atom is 0.257 e. The molecule has 0 fully saturated rings. The van der Waals surface area contributed by atoms with E-state index >= 15 is 0 Å². The molecule has 1 atom stereocenters. The molecule has 8 nitrogen and oxygen atoms in total. The largest absolute Gasteiger partial charge is 0.358 e. The lowest BCUT2D eigenvalue weighted by Gasteiger charge is -2.42. The van der Waals surface area contributed by atoms with Crippen molar-refractivity contribution in [3.05, 3.63) is 72.1 Å². The minimum atomic E-state index is -0.544. The number of carbonyl (C=O) groups is 2. The number of aromatic nitrogens is 3. The lowest BCUT2D eigenvalue weighted by molar-refractivity contribution is -0.119. The Kier molecular flexibility index (Phi) is 4.52. The van der Waals surface area contributed by atoms with Crippen molar-refractivity contribution in [3.63, 3.8) is 0 Å². The average molecular weight is 376 g/mol. The molecule has 0 spiro atoms. The first-order chi connectivity index (χ1) is 13.6. The standard InChI is InChI=1S/C20H20N6O2/c1-21-18(27)13-25-17-11-7-6-10-15(17)20(28)24(2)19(25)16-12-22-26(23-16)14-8-4-3-5-9-14/h3-12,19H,13H2,1-2H3,(H,21,27)/t19-/m0/s1. The molecule has 0 bridgehead atoms. The third-order valence-electron chi connectivity index (χ3n) is 4.78. The van der Waals surface area contributed by atoms with E-state index in [9.17, 15) is 9.59 Å². The van der Waals surface area contributed by atoms with Crippen LogP contribution in [0.25, 0.3) is 5.69 Å². The minimum absolute atomic E-state index is 0.0913. The van der Waals surface area contributed by atoms with Crippen molar-refractivity contribution >= 4 is 17.5 Å². The molecule has 28 heavy (non-hydrogen) atoms. The third-order valence-corrected chi connectivity index (χ3v) is 4.78. The predicted octanol–water partition coefficient (Wildman–Crippen LogP) is 1.60. The molecule has 0 unspecified atom stereocenters. The van der Waals surface area contributed by atoms with E-state index in [1.54, 1.807) is 31.3 Å². The van der Waals surface area contributed by atoms with Gasteiger partial charge in [-0.15, -0.1) is 5.10 Å². The molecule has 2 aromatic carbocycles. The number of likely N-dealkylation sites (N-methyl/N-ethyl adjacent to an activating group) is 1. The molecule has 0 saturated carbocycles. The van der Waals surface area contributed by atoms with Gasteiger partial charge in [-0.1, -0.05) is 30.3 Å². The molecule has 1 N–H and O–H groups in total. The Labute approximate surface area is 162 Å². The maximum absolute atomic E-state index is 12.9. The van der Waals surface area contributed by atoms with Gasteiger partial charge in [0.2, 0.25) is 5.91 Å². The Balaban J connectivity index is 1.78. The maximum atomic E-state index is 12.9. The topological polar surface area (TPSA) is 83.4 Å². The van der Waals surface area contributed by atoms with Crippen LogP contribution in [0, 0.1) is 0 Å². The van der Waals surface area contributed by atoms with Crippen LogP contribution in [-0.2, 0) is 4.79 Å². The Morgan fingerprint density at radius 3 is 2.57 bits per heavy atom. The monoisotopic (exact) mass is 376 g/mol. The molecule has 1 aromatic heterocycles. The van der Waals surface area contributed by atoms with E-state index in [4.69, 9.17) is 0 Å². The molecule has 1 aliphatic rings. The van der Waals surface area contributed by atoms with E-state index in [-0.39, 0.29) is 18.4 Å². The lowest BCUT2D eigenvalue weighted by atomic mass is 10.0. The van der Waals surface area contributed by atoms with Crippen molar-refractivity contribution < 1.29 is 9.59 Å². The summed E-state index contributed by atoms with van der Waals surface area (Å²) in [4.78, 5) is 30.1. The number of benzene rings is 2.